The summed E-state index contributed by atoms with van der Waals surface area (Å²) in [6.45, 7) is 1.92. The summed E-state index contributed by atoms with van der Waals surface area (Å²) in [7, 11) is 0. The van der Waals surface area contributed by atoms with Gasteiger partial charge >= 0.3 is 0 Å². The zero-order valence-electron chi connectivity index (χ0n) is 11.4. The van der Waals surface area contributed by atoms with Gasteiger partial charge in [-0.3, -0.25) is 19.7 Å². The predicted octanol–water partition coefficient (Wildman–Crippen LogP) is 0.178. The van der Waals surface area contributed by atoms with Crippen molar-refractivity contribution >= 4 is 23.4 Å². The van der Waals surface area contributed by atoms with E-state index in [0.29, 0.717) is 17.6 Å². The quantitative estimate of drug-likeness (QED) is 0.770. The fourth-order valence-corrected chi connectivity index (χ4v) is 2.32. The first kappa shape index (κ1) is 13.3. The van der Waals surface area contributed by atoms with E-state index in [0.717, 1.165) is 5.69 Å². The summed E-state index contributed by atoms with van der Waals surface area (Å²) >= 11 is 0. The van der Waals surface area contributed by atoms with Crippen molar-refractivity contribution < 1.29 is 14.4 Å². The highest BCUT2D eigenvalue weighted by molar-refractivity contribution is 6.03. The van der Waals surface area contributed by atoms with Crippen molar-refractivity contribution in [3.05, 3.63) is 35.8 Å². The van der Waals surface area contributed by atoms with Crippen LogP contribution in [0, 0.1) is 6.92 Å². The third kappa shape index (κ3) is 2.49. The van der Waals surface area contributed by atoms with Crippen LogP contribution in [-0.2, 0) is 9.59 Å². The second-order valence-electron chi connectivity index (χ2n) is 5.02. The third-order valence-corrected chi connectivity index (χ3v) is 3.50. The molecular formula is C14H14N4O3. The van der Waals surface area contributed by atoms with Crippen LogP contribution in [0.1, 0.15) is 28.9 Å². The Morgan fingerprint density at radius 3 is 3.05 bits per heavy atom. The number of nitrogens with one attached hydrogen (secondary N) is 2. The van der Waals surface area contributed by atoms with Gasteiger partial charge in [-0.15, -0.1) is 0 Å². The lowest BCUT2D eigenvalue weighted by molar-refractivity contribution is -0.134. The van der Waals surface area contributed by atoms with E-state index in [4.69, 9.17) is 0 Å². The number of carbonyl (C=O) groups is 3. The Kier molecular flexibility index (Phi) is 3.17. The molecule has 0 bridgehead atoms. The molecule has 1 saturated heterocycles. The molecular weight excluding hydrogens is 272 g/mol. The van der Waals surface area contributed by atoms with E-state index in [9.17, 15) is 14.4 Å². The molecule has 1 atom stereocenters. The molecule has 2 N–H and O–H groups in total. The molecule has 108 valence electrons. The van der Waals surface area contributed by atoms with Gasteiger partial charge in [0, 0.05) is 30.1 Å². The van der Waals surface area contributed by atoms with Crippen molar-refractivity contribution in [2.75, 3.05) is 0 Å². The average Bonchev–Trinajstić information content (AvgIpc) is 2.83. The molecule has 2 aromatic heterocycles. The first-order valence-electron chi connectivity index (χ1n) is 6.63. The zero-order valence-corrected chi connectivity index (χ0v) is 11.4. The van der Waals surface area contributed by atoms with Gasteiger partial charge in [0.2, 0.25) is 11.8 Å². The highest BCUT2D eigenvalue weighted by atomic mass is 16.2. The van der Waals surface area contributed by atoms with Crippen LogP contribution in [0.5, 0.6) is 0 Å². The molecule has 0 aromatic carbocycles. The van der Waals surface area contributed by atoms with Crippen molar-refractivity contribution in [1.29, 1.82) is 0 Å². The van der Waals surface area contributed by atoms with E-state index in [2.05, 4.69) is 15.6 Å². The van der Waals surface area contributed by atoms with Crippen molar-refractivity contribution in [2.45, 2.75) is 25.8 Å². The second-order valence-corrected chi connectivity index (χ2v) is 5.02. The number of piperidine rings is 1. The number of carbonyl (C=O) groups excluding carboxylic acids is 3. The van der Waals surface area contributed by atoms with Crippen LogP contribution in [0.4, 0.5) is 0 Å². The predicted molar refractivity (Wildman–Crippen MR) is 73.6 cm³/mol. The average molecular weight is 286 g/mol. The van der Waals surface area contributed by atoms with Gasteiger partial charge in [0.05, 0.1) is 0 Å². The maximum absolute atomic E-state index is 12.2. The Morgan fingerprint density at radius 2 is 2.29 bits per heavy atom. The maximum atomic E-state index is 12.2. The summed E-state index contributed by atoms with van der Waals surface area (Å²) in [6.07, 6.45) is 4.03. The Hall–Kier alpha value is -2.70. The molecule has 0 radical (unpaired) electrons. The zero-order chi connectivity index (χ0) is 15.0. The summed E-state index contributed by atoms with van der Waals surface area (Å²) in [4.78, 5) is 39.1. The molecule has 3 rings (SSSR count). The molecule has 0 spiro atoms. The number of hydrogen-bond donors (Lipinski definition) is 2. The minimum Gasteiger partial charge on any atom is -0.340 e. The fourth-order valence-electron chi connectivity index (χ4n) is 2.32. The number of imide groups is 1. The van der Waals surface area contributed by atoms with E-state index in [1.54, 1.807) is 24.5 Å². The van der Waals surface area contributed by atoms with E-state index in [1.807, 2.05) is 11.3 Å². The van der Waals surface area contributed by atoms with Crippen LogP contribution in [-0.4, -0.2) is 33.1 Å². The number of rotatable bonds is 2. The van der Waals surface area contributed by atoms with E-state index in [1.165, 1.54) is 0 Å². The molecule has 21 heavy (non-hydrogen) atoms. The summed E-state index contributed by atoms with van der Waals surface area (Å²) in [5, 5.41) is 4.85. The number of aryl methyl sites for hydroxylation is 1. The molecule has 1 unspecified atom stereocenters. The Bertz CT molecular complexity index is 750. The van der Waals surface area contributed by atoms with Gasteiger partial charge in [-0.2, -0.15) is 0 Å². The first-order valence-corrected chi connectivity index (χ1v) is 6.63. The van der Waals surface area contributed by atoms with Gasteiger partial charge < -0.3 is 9.72 Å². The van der Waals surface area contributed by atoms with Crippen molar-refractivity contribution in [3.63, 3.8) is 0 Å². The monoisotopic (exact) mass is 286 g/mol. The van der Waals surface area contributed by atoms with Crippen molar-refractivity contribution in [3.8, 4) is 0 Å². The molecule has 3 amide bonds. The second kappa shape index (κ2) is 5.01. The van der Waals surface area contributed by atoms with E-state index >= 15 is 0 Å². The number of hydrogen-bond acceptors (Lipinski definition) is 4. The van der Waals surface area contributed by atoms with Gasteiger partial charge in [0.25, 0.3) is 5.91 Å². The molecule has 0 saturated carbocycles. The SMILES string of the molecule is Cc1cnc2cc(C(=O)NC3CCC(=O)NC3=O)ccn12. The number of imidazole rings is 1. The highest BCUT2D eigenvalue weighted by Crippen LogP contribution is 2.10. The van der Waals surface area contributed by atoms with Gasteiger partial charge in [-0.05, 0) is 25.5 Å². The summed E-state index contributed by atoms with van der Waals surface area (Å²) in [6, 6.07) is 2.66. The van der Waals surface area contributed by atoms with Crippen LogP contribution in [0.2, 0.25) is 0 Å². The van der Waals surface area contributed by atoms with Gasteiger partial charge in [0.15, 0.2) is 0 Å². The molecule has 7 nitrogen and oxygen atoms in total. The van der Waals surface area contributed by atoms with Gasteiger partial charge in [-0.25, -0.2) is 4.98 Å². The van der Waals surface area contributed by atoms with E-state index < -0.39 is 11.9 Å². The first-order chi connectivity index (χ1) is 10.0. The number of amides is 3. The molecule has 1 aliphatic heterocycles. The molecule has 3 heterocycles. The Morgan fingerprint density at radius 1 is 1.48 bits per heavy atom. The number of pyridine rings is 1. The smallest absolute Gasteiger partial charge is 0.252 e. The lowest BCUT2D eigenvalue weighted by Gasteiger charge is -2.21. The van der Waals surface area contributed by atoms with Crippen molar-refractivity contribution in [1.82, 2.24) is 20.0 Å². The molecule has 1 fully saturated rings. The molecule has 0 aliphatic carbocycles. The highest BCUT2D eigenvalue weighted by Gasteiger charge is 2.28. The van der Waals surface area contributed by atoms with Crippen LogP contribution in [0.15, 0.2) is 24.5 Å². The Labute approximate surface area is 120 Å². The van der Waals surface area contributed by atoms with Crippen LogP contribution < -0.4 is 10.6 Å². The lowest BCUT2D eigenvalue weighted by atomic mass is 10.1. The van der Waals surface area contributed by atoms with Gasteiger partial charge in [0.1, 0.15) is 11.7 Å². The standard InChI is InChI=1S/C14H14N4O3/c1-8-7-15-11-6-9(4-5-18(8)11)13(20)16-10-2-3-12(19)17-14(10)21/h4-7,10H,2-3H2,1H3,(H,16,20)(H,17,19,21). The summed E-state index contributed by atoms with van der Waals surface area (Å²) < 4.78 is 1.86. The molecule has 2 aromatic rings. The minimum absolute atomic E-state index is 0.231. The number of fused-ring (bicyclic) bond motifs is 1. The Balaban J connectivity index is 1.77. The lowest BCUT2D eigenvalue weighted by Crippen LogP contribution is -2.52. The molecule has 7 heteroatoms. The normalized spacial score (nSPS) is 18.6. The largest absolute Gasteiger partial charge is 0.340 e. The fraction of sp³-hybridized carbons (Fsp3) is 0.286. The maximum Gasteiger partial charge on any atom is 0.252 e. The summed E-state index contributed by atoms with van der Waals surface area (Å²) in [5.74, 6) is -1.12. The van der Waals surface area contributed by atoms with Crippen LogP contribution in [0.3, 0.4) is 0 Å². The number of nitrogens with zero attached hydrogens (tertiary/aromatic N) is 2. The topological polar surface area (TPSA) is 92.6 Å². The van der Waals surface area contributed by atoms with Crippen LogP contribution in [0.25, 0.3) is 5.65 Å². The summed E-state index contributed by atoms with van der Waals surface area (Å²) in [5.41, 5.74) is 2.07. The molecule has 1 aliphatic rings. The van der Waals surface area contributed by atoms with Crippen LogP contribution >= 0.6 is 0 Å². The van der Waals surface area contributed by atoms with E-state index in [-0.39, 0.29) is 18.2 Å². The van der Waals surface area contributed by atoms with Crippen molar-refractivity contribution in [2.24, 2.45) is 0 Å². The van der Waals surface area contributed by atoms with Gasteiger partial charge in [-0.1, -0.05) is 0 Å². The third-order valence-electron chi connectivity index (χ3n) is 3.50. The minimum atomic E-state index is -0.673. The number of aromatic nitrogens is 2.